The summed E-state index contributed by atoms with van der Waals surface area (Å²) in [6, 6.07) is 17.3. The van der Waals surface area contributed by atoms with E-state index in [9.17, 15) is 4.79 Å². The fraction of sp³-hybridized carbons (Fsp3) is 0.190. The maximum atomic E-state index is 12.6. The molecule has 2 N–H and O–H groups in total. The van der Waals surface area contributed by atoms with Crippen LogP contribution >= 0.6 is 0 Å². The highest BCUT2D eigenvalue weighted by Crippen LogP contribution is 2.19. The molecule has 138 valence electrons. The lowest BCUT2D eigenvalue weighted by atomic mass is 10.2. The maximum Gasteiger partial charge on any atom is 0.274 e. The van der Waals surface area contributed by atoms with Gasteiger partial charge in [-0.15, -0.1) is 0 Å². The predicted octanol–water partition coefficient (Wildman–Crippen LogP) is 4.16. The van der Waals surface area contributed by atoms with Gasteiger partial charge in [-0.25, -0.2) is 9.97 Å². The van der Waals surface area contributed by atoms with Crippen molar-refractivity contribution in [1.29, 1.82) is 0 Å². The van der Waals surface area contributed by atoms with Crippen molar-refractivity contribution in [3.05, 3.63) is 71.7 Å². The number of nitrogens with zero attached hydrogens (tertiary/aromatic N) is 3. The Labute approximate surface area is 159 Å². The van der Waals surface area contributed by atoms with E-state index in [0.717, 1.165) is 22.6 Å². The first-order chi connectivity index (χ1) is 12.9. The van der Waals surface area contributed by atoms with Crippen LogP contribution in [0.2, 0.25) is 0 Å². The molecule has 1 amide bonds. The number of aryl methyl sites for hydroxylation is 2. The van der Waals surface area contributed by atoms with Gasteiger partial charge in [0, 0.05) is 37.2 Å². The number of hydrogen-bond donors (Lipinski definition) is 2. The van der Waals surface area contributed by atoms with Crippen LogP contribution in [0.1, 0.15) is 21.9 Å². The Kier molecular flexibility index (Phi) is 5.35. The average molecular weight is 361 g/mol. The molecule has 27 heavy (non-hydrogen) atoms. The van der Waals surface area contributed by atoms with Crippen LogP contribution in [0.25, 0.3) is 0 Å². The van der Waals surface area contributed by atoms with E-state index < -0.39 is 0 Å². The molecule has 0 saturated heterocycles. The highest BCUT2D eigenvalue weighted by Gasteiger charge is 2.11. The van der Waals surface area contributed by atoms with Crippen molar-refractivity contribution in [3.63, 3.8) is 0 Å². The zero-order valence-corrected chi connectivity index (χ0v) is 15.9. The zero-order valence-electron chi connectivity index (χ0n) is 15.9. The number of carbonyl (C=O) groups is 1. The number of nitrogens with one attached hydrogen (secondary N) is 2. The van der Waals surface area contributed by atoms with E-state index in [1.807, 2.05) is 74.4 Å². The first-order valence-corrected chi connectivity index (χ1v) is 8.69. The minimum Gasteiger partial charge on any atom is -0.378 e. The summed E-state index contributed by atoms with van der Waals surface area (Å²) in [7, 11) is 3.94. The molecule has 0 radical (unpaired) electrons. The third-order valence-electron chi connectivity index (χ3n) is 4.00. The van der Waals surface area contributed by atoms with Crippen LogP contribution in [-0.2, 0) is 0 Å². The summed E-state index contributed by atoms with van der Waals surface area (Å²) < 4.78 is 0. The van der Waals surface area contributed by atoms with Crippen molar-refractivity contribution >= 4 is 28.8 Å². The predicted molar refractivity (Wildman–Crippen MR) is 110 cm³/mol. The number of carbonyl (C=O) groups excluding carboxylic acids is 1. The summed E-state index contributed by atoms with van der Waals surface area (Å²) in [6.45, 7) is 3.79. The molecule has 3 rings (SSSR count). The Morgan fingerprint density at radius 1 is 0.926 bits per heavy atom. The van der Waals surface area contributed by atoms with Gasteiger partial charge in [-0.05, 0) is 55.8 Å². The fourth-order valence-corrected chi connectivity index (χ4v) is 2.66. The van der Waals surface area contributed by atoms with Crippen LogP contribution in [0.15, 0.2) is 54.6 Å². The average Bonchev–Trinajstić information content (AvgIpc) is 2.61. The summed E-state index contributed by atoms with van der Waals surface area (Å²) >= 11 is 0. The van der Waals surface area contributed by atoms with Crippen LogP contribution in [-0.4, -0.2) is 30.0 Å². The standard InChI is InChI=1S/C21H23N5O/c1-14-6-5-7-17(12-14)24-20-13-19(22-15(2)23-20)21(27)25-16-8-10-18(11-9-16)26(3)4/h5-13H,1-4H3,(H,25,27)(H,22,23,24). The lowest BCUT2D eigenvalue weighted by molar-refractivity contribution is 0.102. The van der Waals surface area contributed by atoms with Gasteiger partial charge in [-0.3, -0.25) is 4.79 Å². The third kappa shape index (κ3) is 4.82. The molecule has 6 heteroatoms. The van der Waals surface area contributed by atoms with E-state index in [0.29, 0.717) is 17.3 Å². The Balaban J connectivity index is 1.77. The lowest BCUT2D eigenvalue weighted by Crippen LogP contribution is -2.15. The normalized spacial score (nSPS) is 10.4. The van der Waals surface area contributed by atoms with E-state index in [4.69, 9.17) is 0 Å². The maximum absolute atomic E-state index is 12.6. The molecule has 0 aliphatic heterocycles. The Hall–Kier alpha value is -3.41. The minimum absolute atomic E-state index is 0.273. The van der Waals surface area contributed by atoms with Crippen molar-refractivity contribution in [2.24, 2.45) is 0 Å². The van der Waals surface area contributed by atoms with Gasteiger partial charge in [0.1, 0.15) is 17.3 Å². The molecule has 0 unspecified atom stereocenters. The van der Waals surface area contributed by atoms with E-state index in [1.54, 1.807) is 13.0 Å². The van der Waals surface area contributed by atoms with Gasteiger partial charge in [0.15, 0.2) is 0 Å². The number of anilines is 4. The number of hydrogen-bond acceptors (Lipinski definition) is 5. The second kappa shape index (κ2) is 7.86. The van der Waals surface area contributed by atoms with Crippen molar-refractivity contribution in [2.75, 3.05) is 29.6 Å². The van der Waals surface area contributed by atoms with Crippen molar-refractivity contribution in [2.45, 2.75) is 13.8 Å². The van der Waals surface area contributed by atoms with Gasteiger partial charge < -0.3 is 15.5 Å². The van der Waals surface area contributed by atoms with Gasteiger partial charge in [-0.2, -0.15) is 0 Å². The summed E-state index contributed by atoms with van der Waals surface area (Å²) in [4.78, 5) is 23.2. The molecule has 6 nitrogen and oxygen atoms in total. The molecule has 0 atom stereocenters. The van der Waals surface area contributed by atoms with Gasteiger partial charge >= 0.3 is 0 Å². The van der Waals surface area contributed by atoms with Crippen LogP contribution in [0.4, 0.5) is 22.9 Å². The highest BCUT2D eigenvalue weighted by atomic mass is 16.1. The first kappa shape index (κ1) is 18.4. The summed E-state index contributed by atoms with van der Waals surface area (Å²) in [6.07, 6.45) is 0. The van der Waals surface area contributed by atoms with Gasteiger partial charge in [0.2, 0.25) is 0 Å². The van der Waals surface area contributed by atoms with Crippen LogP contribution in [0.3, 0.4) is 0 Å². The molecule has 2 aromatic carbocycles. The highest BCUT2D eigenvalue weighted by molar-refractivity contribution is 6.03. The van der Waals surface area contributed by atoms with E-state index >= 15 is 0 Å². The Morgan fingerprint density at radius 3 is 2.33 bits per heavy atom. The Morgan fingerprint density at radius 2 is 1.67 bits per heavy atom. The monoisotopic (exact) mass is 361 g/mol. The molecule has 0 aliphatic rings. The second-order valence-electron chi connectivity index (χ2n) is 6.58. The SMILES string of the molecule is Cc1cccc(Nc2cc(C(=O)Nc3ccc(N(C)C)cc3)nc(C)n2)c1. The molecule has 0 fully saturated rings. The third-order valence-corrected chi connectivity index (χ3v) is 4.00. The molecular weight excluding hydrogens is 338 g/mol. The molecule has 3 aromatic rings. The Bertz CT molecular complexity index is 951. The van der Waals surface area contributed by atoms with Crippen molar-refractivity contribution in [3.8, 4) is 0 Å². The topological polar surface area (TPSA) is 70.2 Å². The van der Waals surface area contributed by atoms with Crippen LogP contribution in [0, 0.1) is 13.8 Å². The minimum atomic E-state index is -0.273. The zero-order chi connectivity index (χ0) is 19.4. The summed E-state index contributed by atoms with van der Waals surface area (Å²) in [5, 5.41) is 6.10. The van der Waals surface area contributed by atoms with Crippen molar-refractivity contribution < 1.29 is 4.79 Å². The van der Waals surface area contributed by atoms with E-state index in [1.165, 1.54) is 0 Å². The number of benzene rings is 2. The smallest absolute Gasteiger partial charge is 0.274 e. The molecule has 0 aliphatic carbocycles. The quantitative estimate of drug-likeness (QED) is 0.714. The number of aromatic nitrogens is 2. The first-order valence-electron chi connectivity index (χ1n) is 8.69. The van der Waals surface area contributed by atoms with Gasteiger partial charge in [-0.1, -0.05) is 12.1 Å². The summed E-state index contributed by atoms with van der Waals surface area (Å²) in [5.74, 6) is 0.840. The molecule has 0 bridgehead atoms. The molecule has 0 spiro atoms. The summed E-state index contributed by atoms with van der Waals surface area (Å²) in [5.41, 5.74) is 4.16. The molecule has 0 saturated carbocycles. The van der Waals surface area contributed by atoms with Crippen LogP contribution < -0.4 is 15.5 Å². The van der Waals surface area contributed by atoms with E-state index in [2.05, 4.69) is 20.6 Å². The largest absolute Gasteiger partial charge is 0.378 e. The van der Waals surface area contributed by atoms with Gasteiger partial charge in [0.05, 0.1) is 0 Å². The lowest BCUT2D eigenvalue weighted by Gasteiger charge is -2.13. The number of rotatable bonds is 5. The fourth-order valence-electron chi connectivity index (χ4n) is 2.66. The second-order valence-corrected chi connectivity index (χ2v) is 6.58. The van der Waals surface area contributed by atoms with E-state index in [-0.39, 0.29) is 5.91 Å². The molecule has 1 aromatic heterocycles. The van der Waals surface area contributed by atoms with Crippen LogP contribution in [0.5, 0.6) is 0 Å². The van der Waals surface area contributed by atoms with Gasteiger partial charge in [0.25, 0.3) is 5.91 Å². The van der Waals surface area contributed by atoms with Crippen molar-refractivity contribution in [1.82, 2.24) is 9.97 Å². The number of amides is 1. The molecule has 1 heterocycles. The molecular formula is C21H23N5O.